The van der Waals surface area contributed by atoms with Gasteiger partial charge >= 0.3 is 0 Å². The number of carbonyl (C=O) groups is 2. The Morgan fingerprint density at radius 3 is 2.45 bits per heavy atom. The molecule has 1 aliphatic rings. The molecule has 2 rings (SSSR count). The lowest BCUT2D eigenvalue weighted by Crippen LogP contribution is -2.39. The van der Waals surface area contributed by atoms with E-state index < -0.39 is 5.82 Å². The molecule has 2 amide bonds. The van der Waals surface area contributed by atoms with Gasteiger partial charge in [0.1, 0.15) is 5.82 Å². The first kappa shape index (κ1) is 18.4. The van der Waals surface area contributed by atoms with Crippen LogP contribution in [0.5, 0.6) is 0 Å². The minimum Gasteiger partial charge on any atom is -0.354 e. The number of benzene rings is 1. The summed E-state index contributed by atoms with van der Waals surface area (Å²) in [6.45, 7) is 0.718. The smallest absolute Gasteiger partial charge is 0.251 e. The molecule has 1 aliphatic carbocycles. The number of nitrogens with two attached hydrogens (primary N) is 1. The minimum absolute atomic E-state index is 0. The summed E-state index contributed by atoms with van der Waals surface area (Å²) in [6.07, 6.45) is 2.49. The van der Waals surface area contributed by atoms with Crippen LogP contribution in [0, 0.1) is 11.7 Å². The van der Waals surface area contributed by atoms with E-state index in [1.165, 1.54) is 24.3 Å². The van der Waals surface area contributed by atoms with Crippen LogP contribution in [0.4, 0.5) is 4.39 Å². The molecule has 0 saturated heterocycles. The van der Waals surface area contributed by atoms with E-state index in [4.69, 9.17) is 5.73 Å². The monoisotopic (exact) mass is 329 g/mol. The topological polar surface area (TPSA) is 84.2 Å². The SMILES string of the molecule is Cl.NC(CNC(=O)CCNC(=O)c1ccc(F)cc1)C1CC1. The molecule has 1 unspecified atom stereocenters. The molecule has 0 aliphatic heterocycles. The van der Waals surface area contributed by atoms with E-state index in [-0.39, 0.29) is 43.2 Å². The Hall–Kier alpha value is -1.66. The maximum atomic E-state index is 12.7. The zero-order valence-corrected chi connectivity index (χ0v) is 13.0. The van der Waals surface area contributed by atoms with Gasteiger partial charge in [-0.2, -0.15) is 0 Å². The molecular weight excluding hydrogens is 309 g/mol. The first-order chi connectivity index (χ1) is 10.1. The highest BCUT2D eigenvalue weighted by Crippen LogP contribution is 2.31. The molecule has 7 heteroatoms. The summed E-state index contributed by atoms with van der Waals surface area (Å²) in [7, 11) is 0. The second kappa shape index (κ2) is 8.70. The Labute approximate surface area is 135 Å². The van der Waals surface area contributed by atoms with E-state index in [1.54, 1.807) is 0 Å². The lowest BCUT2D eigenvalue weighted by atomic mass is 10.2. The molecule has 0 spiro atoms. The molecule has 1 saturated carbocycles. The second-order valence-electron chi connectivity index (χ2n) is 5.32. The van der Waals surface area contributed by atoms with Gasteiger partial charge in [0.05, 0.1) is 0 Å². The molecule has 1 atom stereocenters. The van der Waals surface area contributed by atoms with Crippen LogP contribution in [-0.4, -0.2) is 30.9 Å². The van der Waals surface area contributed by atoms with E-state index in [9.17, 15) is 14.0 Å². The van der Waals surface area contributed by atoms with Gasteiger partial charge in [0.2, 0.25) is 5.91 Å². The van der Waals surface area contributed by atoms with Crippen molar-refractivity contribution in [1.82, 2.24) is 10.6 Å². The Morgan fingerprint density at radius 2 is 1.86 bits per heavy atom. The van der Waals surface area contributed by atoms with Gasteiger partial charge in [0.25, 0.3) is 5.91 Å². The lowest BCUT2D eigenvalue weighted by molar-refractivity contribution is -0.121. The molecule has 122 valence electrons. The Bertz CT molecular complexity index is 506. The maximum absolute atomic E-state index is 12.7. The third kappa shape index (κ3) is 5.99. The van der Waals surface area contributed by atoms with Crippen molar-refractivity contribution in [1.29, 1.82) is 0 Å². The summed E-state index contributed by atoms with van der Waals surface area (Å²) in [4.78, 5) is 23.3. The maximum Gasteiger partial charge on any atom is 0.251 e. The highest BCUT2D eigenvalue weighted by atomic mass is 35.5. The molecule has 1 aromatic carbocycles. The van der Waals surface area contributed by atoms with Crippen LogP contribution in [0.25, 0.3) is 0 Å². The minimum atomic E-state index is -0.391. The van der Waals surface area contributed by atoms with Crippen LogP contribution in [0.1, 0.15) is 29.6 Å². The zero-order chi connectivity index (χ0) is 15.2. The number of halogens is 2. The van der Waals surface area contributed by atoms with Crippen molar-refractivity contribution in [3.63, 3.8) is 0 Å². The highest BCUT2D eigenvalue weighted by molar-refractivity contribution is 5.94. The average Bonchev–Trinajstić information content (AvgIpc) is 3.30. The molecule has 0 radical (unpaired) electrons. The van der Waals surface area contributed by atoms with Crippen molar-refractivity contribution in [3.8, 4) is 0 Å². The summed E-state index contributed by atoms with van der Waals surface area (Å²) in [6, 6.07) is 5.28. The molecule has 5 nitrogen and oxygen atoms in total. The molecule has 0 bridgehead atoms. The van der Waals surface area contributed by atoms with E-state index in [0.29, 0.717) is 18.0 Å². The molecule has 4 N–H and O–H groups in total. The van der Waals surface area contributed by atoms with Crippen LogP contribution >= 0.6 is 12.4 Å². The van der Waals surface area contributed by atoms with Gasteiger partial charge in [-0.05, 0) is 43.0 Å². The Kier molecular flexibility index (Phi) is 7.27. The zero-order valence-electron chi connectivity index (χ0n) is 12.2. The molecular formula is C15H21ClFN3O2. The van der Waals surface area contributed by atoms with Crippen LogP contribution in [0.3, 0.4) is 0 Å². The molecule has 1 fully saturated rings. The highest BCUT2D eigenvalue weighted by Gasteiger charge is 2.28. The summed E-state index contributed by atoms with van der Waals surface area (Å²) in [5, 5.41) is 5.38. The van der Waals surface area contributed by atoms with Crippen molar-refractivity contribution >= 4 is 24.2 Å². The largest absolute Gasteiger partial charge is 0.354 e. The van der Waals surface area contributed by atoms with Gasteiger partial charge in [-0.1, -0.05) is 0 Å². The molecule has 0 aromatic heterocycles. The predicted molar refractivity (Wildman–Crippen MR) is 84.3 cm³/mol. The van der Waals surface area contributed by atoms with Crippen molar-refractivity contribution in [2.75, 3.05) is 13.1 Å². The van der Waals surface area contributed by atoms with Gasteiger partial charge in [0.15, 0.2) is 0 Å². The molecule has 0 heterocycles. The second-order valence-corrected chi connectivity index (χ2v) is 5.32. The third-order valence-electron chi connectivity index (χ3n) is 3.51. The standard InChI is InChI=1S/C15H20FN3O2.ClH/c16-12-5-3-11(4-6-12)15(21)18-8-7-14(20)19-9-13(17)10-1-2-10;/h3-6,10,13H,1-2,7-9,17H2,(H,18,21)(H,19,20);1H. The average molecular weight is 330 g/mol. The Morgan fingerprint density at radius 1 is 1.23 bits per heavy atom. The number of rotatable bonds is 7. The van der Waals surface area contributed by atoms with Gasteiger partial charge < -0.3 is 16.4 Å². The molecule has 22 heavy (non-hydrogen) atoms. The van der Waals surface area contributed by atoms with Crippen LogP contribution < -0.4 is 16.4 Å². The van der Waals surface area contributed by atoms with Gasteiger partial charge in [-0.25, -0.2) is 4.39 Å². The summed E-state index contributed by atoms with van der Waals surface area (Å²) < 4.78 is 12.7. The summed E-state index contributed by atoms with van der Waals surface area (Å²) >= 11 is 0. The van der Waals surface area contributed by atoms with Crippen molar-refractivity contribution in [3.05, 3.63) is 35.6 Å². The van der Waals surface area contributed by atoms with Gasteiger partial charge in [-0.15, -0.1) is 12.4 Å². The van der Waals surface area contributed by atoms with Gasteiger partial charge in [0, 0.05) is 31.1 Å². The van der Waals surface area contributed by atoms with E-state index in [1.807, 2.05) is 0 Å². The first-order valence-corrected chi connectivity index (χ1v) is 7.12. The Balaban J connectivity index is 0.00000242. The number of hydrogen-bond acceptors (Lipinski definition) is 3. The van der Waals surface area contributed by atoms with Crippen LogP contribution in [0.15, 0.2) is 24.3 Å². The molecule has 1 aromatic rings. The van der Waals surface area contributed by atoms with Crippen molar-refractivity contribution < 1.29 is 14.0 Å². The van der Waals surface area contributed by atoms with E-state index >= 15 is 0 Å². The van der Waals surface area contributed by atoms with Crippen LogP contribution in [-0.2, 0) is 4.79 Å². The number of hydrogen-bond donors (Lipinski definition) is 3. The normalized spacial score (nSPS) is 14.6. The fraction of sp³-hybridized carbons (Fsp3) is 0.467. The van der Waals surface area contributed by atoms with E-state index in [0.717, 1.165) is 12.8 Å². The van der Waals surface area contributed by atoms with Crippen LogP contribution in [0.2, 0.25) is 0 Å². The number of amides is 2. The quantitative estimate of drug-likeness (QED) is 0.703. The van der Waals surface area contributed by atoms with E-state index in [2.05, 4.69) is 10.6 Å². The predicted octanol–water partition coefficient (Wildman–Crippen LogP) is 1.22. The number of nitrogens with one attached hydrogen (secondary N) is 2. The van der Waals surface area contributed by atoms with Crippen molar-refractivity contribution in [2.45, 2.75) is 25.3 Å². The summed E-state index contributed by atoms with van der Waals surface area (Å²) in [5.41, 5.74) is 6.25. The lowest BCUT2D eigenvalue weighted by Gasteiger charge is -2.11. The van der Waals surface area contributed by atoms with Crippen molar-refractivity contribution in [2.24, 2.45) is 11.7 Å². The van der Waals surface area contributed by atoms with Gasteiger partial charge in [-0.3, -0.25) is 9.59 Å². The fourth-order valence-corrected chi connectivity index (χ4v) is 2.00. The third-order valence-corrected chi connectivity index (χ3v) is 3.51. The fourth-order valence-electron chi connectivity index (χ4n) is 2.00. The first-order valence-electron chi connectivity index (χ1n) is 7.12. The summed E-state index contributed by atoms with van der Waals surface area (Å²) in [5.74, 6) is -0.301. The number of carbonyl (C=O) groups excluding carboxylic acids is 2.